The number of carbonyl (C=O) groups is 1. The monoisotopic (exact) mass is 402 g/mol. The number of carbonyl (C=O) groups excluding carboxylic acids is 1. The molecule has 0 bridgehead atoms. The van der Waals surface area contributed by atoms with E-state index in [9.17, 15) is 4.79 Å². The first-order valence-corrected chi connectivity index (χ1v) is 9.29. The third-order valence-electron chi connectivity index (χ3n) is 4.22. The van der Waals surface area contributed by atoms with E-state index in [1.165, 1.54) is 16.8 Å². The summed E-state index contributed by atoms with van der Waals surface area (Å²) in [5.74, 6) is 0.465. The van der Waals surface area contributed by atoms with Crippen LogP contribution >= 0.6 is 27.3 Å². The van der Waals surface area contributed by atoms with Gasteiger partial charge in [0.05, 0.1) is 10.3 Å². The SMILES string of the molecule is Cc1ccc(-c2ocnc2C(=O)N2CCc3cc(Br)sc3C2)cc1. The molecule has 0 saturated heterocycles. The lowest BCUT2D eigenvalue weighted by atomic mass is 10.1. The van der Waals surface area contributed by atoms with Crippen molar-refractivity contribution in [2.45, 2.75) is 19.9 Å². The van der Waals surface area contributed by atoms with Gasteiger partial charge in [-0.05, 0) is 40.9 Å². The van der Waals surface area contributed by atoms with Crippen molar-refractivity contribution in [3.8, 4) is 11.3 Å². The lowest BCUT2D eigenvalue weighted by Gasteiger charge is -2.26. The zero-order valence-corrected chi connectivity index (χ0v) is 15.5. The van der Waals surface area contributed by atoms with Crippen LogP contribution in [0.2, 0.25) is 0 Å². The third kappa shape index (κ3) is 2.80. The van der Waals surface area contributed by atoms with E-state index in [2.05, 4.69) is 27.0 Å². The number of amides is 1. The normalized spacial score (nSPS) is 13.8. The van der Waals surface area contributed by atoms with Gasteiger partial charge in [-0.3, -0.25) is 4.79 Å². The molecular weight excluding hydrogens is 388 g/mol. The largest absolute Gasteiger partial charge is 0.443 e. The number of thiophene rings is 1. The summed E-state index contributed by atoms with van der Waals surface area (Å²) in [6.07, 6.45) is 2.22. The van der Waals surface area contributed by atoms with Gasteiger partial charge in [0, 0.05) is 17.0 Å². The molecule has 0 atom stereocenters. The van der Waals surface area contributed by atoms with Crippen LogP contribution in [-0.2, 0) is 13.0 Å². The van der Waals surface area contributed by atoms with Crippen LogP contribution in [0.25, 0.3) is 11.3 Å². The number of aryl methyl sites for hydroxylation is 1. The average molecular weight is 403 g/mol. The van der Waals surface area contributed by atoms with E-state index in [-0.39, 0.29) is 5.91 Å². The maximum Gasteiger partial charge on any atom is 0.276 e. The second-order valence-corrected chi connectivity index (χ2v) is 8.39. The van der Waals surface area contributed by atoms with Crippen LogP contribution in [0.15, 0.2) is 44.9 Å². The molecule has 4 rings (SSSR count). The first-order chi connectivity index (χ1) is 11.6. The van der Waals surface area contributed by atoms with Gasteiger partial charge < -0.3 is 9.32 Å². The van der Waals surface area contributed by atoms with Gasteiger partial charge in [-0.2, -0.15) is 0 Å². The van der Waals surface area contributed by atoms with E-state index in [0.717, 1.165) is 21.3 Å². The molecule has 3 heterocycles. The highest BCUT2D eigenvalue weighted by atomic mass is 79.9. The van der Waals surface area contributed by atoms with Gasteiger partial charge in [0.15, 0.2) is 17.8 Å². The first-order valence-electron chi connectivity index (χ1n) is 7.68. The highest BCUT2D eigenvalue weighted by Crippen LogP contribution is 2.33. The van der Waals surface area contributed by atoms with Gasteiger partial charge in [0.1, 0.15) is 0 Å². The Kier molecular flexibility index (Phi) is 4.02. The predicted molar refractivity (Wildman–Crippen MR) is 97.1 cm³/mol. The van der Waals surface area contributed by atoms with Gasteiger partial charge in [-0.1, -0.05) is 29.8 Å². The molecule has 4 nitrogen and oxygen atoms in total. The highest BCUT2D eigenvalue weighted by molar-refractivity contribution is 9.11. The smallest absolute Gasteiger partial charge is 0.276 e. The Morgan fingerprint density at radius 1 is 1.33 bits per heavy atom. The molecular formula is C18H15BrN2O2S. The van der Waals surface area contributed by atoms with Crippen molar-refractivity contribution in [1.82, 2.24) is 9.88 Å². The van der Waals surface area contributed by atoms with E-state index in [1.807, 2.05) is 36.1 Å². The van der Waals surface area contributed by atoms with E-state index in [4.69, 9.17) is 4.42 Å². The minimum Gasteiger partial charge on any atom is -0.443 e. The van der Waals surface area contributed by atoms with Crippen molar-refractivity contribution in [2.24, 2.45) is 0 Å². The molecule has 0 unspecified atom stereocenters. The van der Waals surface area contributed by atoms with Crippen LogP contribution in [-0.4, -0.2) is 22.3 Å². The summed E-state index contributed by atoms with van der Waals surface area (Å²) in [6, 6.07) is 10.1. The minimum atomic E-state index is -0.0745. The van der Waals surface area contributed by atoms with Crippen LogP contribution in [0.4, 0.5) is 0 Å². The minimum absolute atomic E-state index is 0.0745. The molecule has 0 spiro atoms. The number of rotatable bonds is 2. The van der Waals surface area contributed by atoms with Crippen molar-refractivity contribution in [1.29, 1.82) is 0 Å². The Morgan fingerprint density at radius 2 is 2.12 bits per heavy atom. The standard InChI is InChI=1S/C18H15BrN2O2S/c1-11-2-4-12(5-3-11)17-16(20-10-23-17)18(22)21-7-6-13-8-15(19)24-14(13)9-21/h2-5,8,10H,6-7,9H2,1H3. The maximum atomic E-state index is 12.9. The second-order valence-electron chi connectivity index (χ2n) is 5.87. The van der Waals surface area contributed by atoms with Crippen molar-refractivity contribution in [2.75, 3.05) is 6.54 Å². The number of halogens is 1. The number of hydrogen-bond acceptors (Lipinski definition) is 4. The summed E-state index contributed by atoms with van der Waals surface area (Å²) in [5.41, 5.74) is 3.75. The predicted octanol–water partition coefficient (Wildman–Crippen LogP) is 4.67. The molecule has 1 aliphatic rings. The summed E-state index contributed by atoms with van der Waals surface area (Å²) >= 11 is 5.21. The lowest BCUT2D eigenvalue weighted by molar-refractivity contribution is 0.0732. The Labute approximate surface area is 152 Å². The Bertz CT molecular complexity index is 898. The number of nitrogens with zero attached hydrogens (tertiary/aromatic N) is 2. The van der Waals surface area contributed by atoms with E-state index < -0.39 is 0 Å². The molecule has 6 heteroatoms. The first kappa shape index (κ1) is 15.6. The molecule has 3 aromatic rings. The third-order valence-corrected chi connectivity index (χ3v) is 5.89. The van der Waals surface area contributed by atoms with E-state index in [1.54, 1.807) is 11.3 Å². The van der Waals surface area contributed by atoms with Crippen LogP contribution in [0.3, 0.4) is 0 Å². The van der Waals surface area contributed by atoms with Crippen LogP contribution in [0.5, 0.6) is 0 Å². The number of oxazole rings is 1. The summed E-state index contributed by atoms with van der Waals surface area (Å²) in [5, 5.41) is 0. The molecule has 0 saturated carbocycles. The molecule has 0 radical (unpaired) electrons. The average Bonchev–Trinajstić information content (AvgIpc) is 3.19. The number of aromatic nitrogens is 1. The van der Waals surface area contributed by atoms with Gasteiger partial charge >= 0.3 is 0 Å². The quantitative estimate of drug-likeness (QED) is 0.625. The number of benzene rings is 1. The van der Waals surface area contributed by atoms with Crippen molar-refractivity contribution in [3.63, 3.8) is 0 Å². The molecule has 1 amide bonds. The van der Waals surface area contributed by atoms with Gasteiger partial charge in [0.2, 0.25) is 0 Å². The van der Waals surface area contributed by atoms with Crippen molar-refractivity contribution < 1.29 is 9.21 Å². The molecule has 0 aliphatic carbocycles. The molecule has 1 aliphatic heterocycles. The molecule has 0 fully saturated rings. The molecule has 1 aromatic carbocycles. The highest BCUT2D eigenvalue weighted by Gasteiger charge is 2.27. The van der Waals surface area contributed by atoms with Crippen molar-refractivity contribution in [3.05, 3.63) is 62.2 Å². The Balaban J connectivity index is 1.62. The summed E-state index contributed by atoms with van der Waals surface area (Å²) in [6.45, 7) is 3.36. The molecule has 122 valence electrons. The maximum absolute atomic E-state index is 12.9. The number of hydrogen-bond donors (Lipinski definition) is 0. The zero-order valence-electron chi connectivity index (χ0n) is 13.1. The van der Waals surface area contributed by atoms with Gasteiger partial charge in [-0.15, -0.1) is 11.3 Å². The lowest BCUT2D eigenvalue weighted by Crippen LogP contribution is -2.35. The van der Waals surface area contributed by atoms with Crippen molar-refractivity contribution >= 4 is 33.2 Å². The summed E-state index contributed by atoms with van der Waals surface area (Å²) < 4.78 is 6.63. The van der Waals surface area contributed by atoms with E-state index >= 15 is 0 Å². The van der Waals surface area contributed by atoms with Crippen LogP contribution < -0.4 is 0 Å². The zero-order chi connectivity index (χ0) is 16.7. The van der Waals surface area contributed by atoms with Crippen LogP contribution in [0.1, 0.15) is 26.5 Å². The topological polar surface area (TPSA) is 46.3 Å². The Morgan fingerprint density at radius 3 is 2.92 bits per heavy atom. The van der Waals surface area contributed by atoms with Crippen LogP contribution in [0, 0.1) is 6.92 Å². The van der Waals surface area contributed by atoms with Gasteiger partial charge in [0.25, 0.3) is 5.91 Å². The molecule has 0 N–H and O–H groups in total. The fourth-order valence-corrected chi connectivity index (χ4v) is 4.73. The second kappa shape index (κ2) is 6.18. The molecule has 2 aromatic heterocycles. The Hall–Kier alpha value is -1.92. The fraction of sp³-hybridized carbons (Fsp3) is 0.222. The summed E-state index contributed by atoms with van der Waals surface area (Å²) in [7, 11) is 0. The molecule has 24 heavy (non-hydrogen) atoms. The summed E-state index contributed by atoms with van der Waals surface area (Å²) in [4.78, 5) is 20.2. The fourth-order valence-electron chi connectivity index (χ4n) is 2.91. The van der Waals surface area contributed by atoms with E-state index in [0.29, 0.717) is 24.5 Å². The van der Waals surface area contributed by atoms with Gasteiger partial charge in [-0.25, -0.2) is 4.98 Å². The number of fused-ring (bicyclic) bond motifs is 1.